The number of amidine groups is 1. The standard InChI is InChI=1S/C22H26Cl2N4O3S.C2HF3O2/c1-27(11-7-16-3-5-17(6-4-16)22-25-9-10-26-22)21(29)8-12-28(2)32(30,31)20-14-18(23)13-19(24)15-20;3-2(4,5)1(6)7/h3-6,13-15H,7-12H2,1-2H3,(H,25,26);(H,6,7). The van der Waals surface area contributed by atoms with Gasteiger partial charge in [0.25, 0.3) is 0 Å². The highest BCUT2D eigenvalue weighted by atomic mass is 35.5. The zero-order valence-electron chi connectivity index (χ0n) is 21.0. The number of aliphatic carboxylic acids is 1. The highest BCUT2D eigenvalue weighted by Crippen LogP contribution is 2.24. The van der Waals surface area contributed by atoms with Gasteiger partial charge in [0.15, 0.2) is 0 Å². The molecule has 1 aliphatic heterocycles. The lowest BCUT2D eigenvalue weighted by Gasteiger charge is -2.21. The Kier molecular flexibility index (Phi) is 11.6. The van der Waals surface area contributed by atoms with Crippen molar-refractivity contribution in [3.8, 4) is 0 Å². The number of benzene rings is 2. The maximum Gasteiger partial charge on any atom is 0.490 e. The number of carbonyl (C=O) groups is 2. The zero-order chi connectivity index (χ0) is 29.4. The summed E-state index contributed by atoms with van der Waals surface area (Å²) in [5.74, 6) is -1.97. The number of nitrogens with one attached hydrogen (secondary N) is 1. The Balaban J connectivity index is 0.000000673. The van der Waals surface area contributed by atoms with Gasteiger partial charge < -0.3 is 15.3 Å². The van der Waals surface area contributed by atoms with Gasteiger partial charge in [-0.3, -0.25) is 9.79 Å². The van der Waals surface area contributed by atoms with E-state index in [4.69, 9.17) is 33.1 Å². The molecule has 2 aromatic rings. The molecule has 0 unspecified atom stereocenters. The van der Waals surface area contributed by atoms with E-state index < -0.39 is 22.2 Å². The number of rotatable bonds is 9. The zero-order valence-corrected chi connectivity index (χ0v) is 23.3. The summed E-state index contributed by atoms with van der Waals surface area (Å²) in [6, 6.07) is 12.3. The van der Waals surface area contributed by atoms with Crippen molar-refractivity contribution in [3.63, 3.8) is 0 Å². The molecular formula is C24H27Cl2F3N4O5S. The molecule has 9 nitrogen and oxygen atoms in total. The number of likely N-dealkylation sites (N-methyl/N-ethyl adjacent to an activating group) is 1. The number of aliphatic imine (C=N–C) groups is 1. The summed E-state index contributed by atoms with van der Waals surface area (Å²) < 4.78 is 58.3. The lowest BCUT2D eigenvalue weighted by molar-refractivity contribution is -0.192. The predicted molar refractivity (Wildman–Crippen MR) is 142 cm³/mol. The topological polar surface area (TPSA) is 119 Å². The number of halogens is 5. The number of hydrogen-bond acceptors (Lipinski definition) is 6. The van der Waals surface area contributed by atoms with Gasteiger partial charge >= 0.3 is 12.1 Å². The highest BCUT2D eigenvalue weighted by Gasteiger charge is 2.38. The van der Waals surface area contributed by atoms with Gasteiger partial charge in [0.1, 0.15) is 5.84 Å². The van der Waals surface area contributed by atoms with Crippen LogP contribution in [0.4, 0.5) is 13.2 Å². The van der Waals surface area contributed by atoms with E-state index in [-0.39, 0.29) is 33.8 Å². The molecule has 1 aliphatic rings. The van der Waals surface area contributed by atoms with Crippen LogP contribution in [0, 0.1) is 0 Å². The molecule has 1 amide bonds. The first-order valence-electron chi connectivity index (χ1n) is 11.5. The van der Waals surface area contributed by atoms with E-state index in [0.717, 1.165) is 34.4 Å². The first-order chi connectivity index (χ1) is 18.1. The minimum atomic E-state index is -5.08. The first-order valence-corrected chi connectivity index (χ1v) is 13.6. The van der Waals surface area contributed by atoms with Crippen LogP contribution in [-0.4, -0.2) is 86.9 Å². The van der Waals surface area contributed by atoms with Crippen molar-refractivity contribution in [3.05, 3.63) is 63.6 Å². The summed E-state index contributed by atoms with van der Waals surface area (Å²) in [6.45, 7) is 2.26. The third-order valence-electron chi connectivity index (χ3n) is 5.49. The van der Waals surface area contributed by atoms with Crippen LogP contribution in [0.15, 0.2) is 52.4 Å². The summed E-state index contributed by atoms with van der Waals surface area (Å²) in [5, 5.41) is 10.8. The molecule has 0 radical (unpaired) electrons. The van der Waals surface area contributed by atoms with Crippen LogP contribution in [-0.2, 0) is 26.0 Å². The molecule has 0 atom stereocenters. The van der Waals surface area contributed by atoms with E-state index in [2.05, 4.69) is 10.3 Å². The van der Waals surface area contributed by atoms with Crippen LogP contribution in [0.5, 0.6) is 0 Å². The van der Waals surface area contributed by atoms with Gasteiger partial charge in [-0.25, -0.2) is 17.5 Å². The number of sulfonamides is 1. The number of nitrogens with zero attached hydrogens (tertiary/aromatic N) is 3. The summed E-state index contributed by atoms with van der Waals surface area (Å²) in [6.07, 6.45) is -4.30. The smallest absolute Gasteiger partial charge is 0.475 e. The Labute approximate surface area is 234 Å². The molecule has 0 aliphatic carbocycles. The van der Waals surface area contributed by atoms with Crippen molar-refractivity contribution in [2.75, 3.05) is 40.3 Å². The van der Waals surface area contributed by atoms with E-state index in [0.29, 0.717) is 13.0 Å². The number of alkyl halides is 3. The minimum absolute atomic E-state index is 0.000479. The fraction of sp³-hybridized carbons (Fsp3) is 0.375. The number of carboxylic acids is 1. The maximum atomic E-state index is 12.7. The van der Waals surface area contributed by atoms with Crippen molar-refractivity contribution in [1.29, 1.82) is 0 Å². The molecule has 0 bridgehead atoms. The lowest BCUT2D eigenvalue weighted by Crippen LogP contribution is -2.34. The highest BCUT2D eigenvalue weighted by molar-refractivity contribution is 7.89. The normalized spacial score (nSPS) is 13.3. The summed E-state index contributed by atoms with van der Waals surface area (Å²) in [4.78, 5) is 27.4. The van der Waals surface area contributed by atoms with Crippen molar-refractivity contribution in [2.24, 2.45) is 4.99 Å². The largest absolute Gasteiger partial charge is 0.490 e. The van der Waals surface area contributed by atoms with Crippen molar-refractivity contribution < 1.29 is 36.3 Å². The second kappa shape index (κ2) is 14.0. The van der Waals surface area contributed by atoms with Crippen LogP contribution in [0.1, 0.15) is 17.5 Å². The number of carbonyl (C=O) groups excluding carboxylic acids is 1. The molecule has 0 spiro atoms. The third-order valence-corrected chi connectivity index (χ3v) is 7.76. The quantitative estimate of drug-likeness (QED) is 0.447. The van der Waals surface area contributed by atoms with E-state index >= 15 is 0 Å². The Hall–Kier alpha value is -2.87. The predicted octanol–water partition coefficient (Wildman–Crippen LogP) is 3.69. The van der Waals surface area contributed by atoms with Crippen molar-refractivity contribution in [1.82, 2.24) is 14.5 Å². The number of hydrogen-bond donors (Lipinski definition) is 2. The summed E-state index contributed by atoms with van der Waals surface area (Å²) >= 11 is 11.8. The number of amides is 1. The van der Waals surface area contributed by atoms with Gasteiger partial charge in [-0.15, -0.1) is 0 Å². The molecule has 15 heteroatoms. The average molecular weight is 611 g/mol. The second-order valence-corrected chi connectivity index (χ2v) is 11.3. The van der Waals surface area contributed by atoms with Gasteiger partial charge in [-0.05, 0) is 30.2 Å². The Bertz CT molecular complexity index is 1290. The molecule has 0 aromatic heterocycles. The molecule has 3 rings (SSSR count). The molecular weight excluding hydrogens is 584 g/mol. The maximum absolute atomic E-state index is 12.7. The lowest BCUT2D eigenvalue weighted by atomic mass is 10.1. The van der Waals surface area contributed by atoms with Gasteiger partial charge in [0, 0.05) is 55.8 Å². The third kappa shape index (κ3) is 9.99. The Morgan fingerprint density at radius 1 is 1.05 bits per heavy atom. The summed E-state index contributed by atoms with van der Waals surface area (Å²) in [7, 11) is -0.639. The molecule has 2 N–H and O–H groups in total. The van der Waals surface area contributed by atoms with Gasteiger partial charge in [0.2, 0.25) is 15.9 Å². The molecule has 2 aromatic carbocycles. The second-order valence-electron chi connectivity index (χ2n) is 8.40. The van der Waals surface area contributed by atoms with Crippen LogP contribution < -0.4 is 5.32 Å². The average Bonchev–Trinajstić information content (AvgIpc) is 3.40. The Morgan fingerprint density at radius 2 is 1.62 bits per heavy atom. The first kappa shape index (κ1) is 32.3. The van der Waals surface area contributed by atoms with Crippen molar-refractivity contribution >= 4 is 50.9 Å². The Morgan fingerprint density at radius 3 is 2.10 bits per heavy atom. The molecule has 39 heavy (non-hydrogen) atoms. The monoisotopic (exact) mass is 610 g/mol. The SMILES string of the molecule is CN(CCc1ccc(C2=NCCN2)cc1)C(=O)CCN(C)S(=O)(=O)c1cc(Cl)cc(Cl)c1.O=C(O)C(F)(F)F. The molecule has 0 fully saturated rings. The van der Waals surface area contributed by atoms with Gasteiger partial charge in [0.05, 0.1) is 11.4 Å². The van der Waals surface area contributed by atoms with E-state index in [1.54, 1.807) is 11.9 Å². The fourth-order valence-electron chi connectivity index (χ4n) is 3.26. The molecule has 214 valence electrons. The van der Waals surface area contributed by atoms with E-state index in [9.17, 15) is 26.4 Å². The van der Waals surface area contributed by atoms with Gasteiger partial charge in [-0.1, -0.05) is 47.5 Å². The number of carboxylic acid groups (broad SMARTS) is 1. The summed E-state index contributed by atoms with van der Waals surface area (Å²) in [5.41, 5.74) is 2.17. The van der Waals surface area contributed by atoms with Crippen LogP contribution in [0.3, 0.4) is 0 Å². The minimum Gasteiger partial charge on any atom is -0.475 e. The van der Waals surface area contributed by atoms with E-state index in [1.165, 1.54) is 25.2 Å². The van der Waals surface area contributed by atoms with Crippen LogP contribution >= 0.6 is 23.2 Å². The molecule has 1 heterocycles. The fourth-order valence-corrected chi connectivity index (χ4v) is 5.16. The van der Waals surface area contributed by atoms with Gasteiger partial charge in [-0.2, -0.15) is 13.2 Å². The molecule has 0 saturated heterocycles. The molecule has 0 saturated carbocycles. The van der Waals surface area contributed by atoms with Crippen LogP contribution in [0.2, 0.25) is 10.0 Å². The van der Waals surface area contributed by atoms with Crippen LogP contribution in [0.25, 0.3) is 0 Å². The van der Waals surface area contributed by atoms with Crippen molar-refractivity contribution in [2.45, 2.75) is 23.9 Å². The van der Waals surface area contributed by atoms with E-state index in [1.807, 2.05) is 24.3 Å².